The van der Waals surface area contributed by atoms with Crippen LogP contribution in [0.4, 0.5) is 0 Å². The Morgan fingerprint density at radius 3 is 1.98 bits per heavy atom. The molecule has 0 saturated heterocycles. The SMILES string of the molecule is COC(=O)C1(C(=O)OC)C/C(=C(/CCC(C)=O)c2ccccc2)c2c(oc(-c3ccccc3)c2[C@@H](OC)c2ccc(Cl)cc2)C1. The van der Waals surface area contributed by atoms with Gasteiger partial charge in [0.25, 0.3) is 0 Å². The third-order valence-corrected chi connectivity index (χ3v) is 8.59. The molecule has 1 aliphatic carbocycles. The van der Waals surface area contributed by atoms with E-state index in [2.05, 4.69) is 0 Å². The van der Waals surface area contributed by atoms with Gasteiger partial charge in [-0.3, -0.25) is 9.59 Å². The average molecular weight is 627 g/mol. The molecule has 8 heteroatoms. The summed E-state index contributed by atoms with van der Waals surface area (Å²) < 4.78 is 23.4. The molecule has 7 nitrogen and oxygen atoms in total. The highest BCUT2D eigenvalue weighted by Crippen LogP contribution is 2.53. The Kier molecular flexibility index (Phi) is 9.71. The molecule has 1 aliphatic rings. The molecular formula is C37H35ClO7. The number of allylic oxidation sites excluding steroid dienone is 2. The maximum Gasteiger partial charge on any atom is 0.324 e. The minimum atomic E-state index is -1.71. The van der Waals surface area contributed by atoms with Gasteiger partial charge in [-0.2, -0.15) is 0 Å². The van der Waals surface area contributed by atoms with Crippen molar-refractivity contribution in [2.75, 3.05) is 21.3 Å². The van der Waals surface area contributed by atoms with Gasteiger partial charge >= 0.3 is 11.9 Å². The first-order valence-corrected chi connectivity index (χ1v) is 15.0. The van der Waals surface area contributed by atoms with Crippen molar-refractivity contribution >= 4 is 40.5 Å². The summed E-state index contributed by atoms with van der Waals surface area (Å²) in [5, 5.41) is 0.586. The van der Waals surface area contributed by atoms with Crippen LogP contribution >= 0.6 is 11.6 Å². The van der Waals surface area contributed by atoms with Gasteiger partial charge in [0.1, 0.15) is 23.4 Å². The fraction of sp³-hybridized carbons (Fsp3) is 0.270. The first kappa shape index (κ1) is 31.9. The van der Waals surface area contributed by atoms with Crippen LogP contribution in [0.2, 0.25) is 5.02 Å². The Hall–Kier alpha value is -4.46. The zero-order valence-corrected chi connectivity index (χ0v) is 26.5. The molecule has 1 heterocycles. The van der Waals surface area contributed by atoms with E-state index in [0.29, 0.717) is 28.5 Å². The summed E-state index contributed by atoms with van der Waals surface area (Å²) in [7, 11) is 4.13. The molecular weight excluding hydrogens is 592 g/mol. The normalized spacial score (nSPS) is 15.5. The van der Waals surface area contributed by atoms with Crippen LogP contribution in [0, 0.1) is 5.41 Å². The minimum Gasteiger partial charge on any atom is -0.468 e. The van der Waals surface area contributed by atoms with Crippen molar-refractivity contribution in [1.82, 2.24) is 0 Å². The van der Waals surface area contributed by atoms with Gasteiger partial charge in [0.15, 0.2) is 5.41 Å². The van der Waals surface area contributed by atoms with Crippen LogP contribution in [-0.4, -0.2) is 39.1 Å². The third-order valence-electron chi connectivity index (χ3n) is 8.33. The van der Waals surface area contributed by atoms with Gasteiger partial charge in [0.2, 0.25) is 0 Å². The highest BCUT2D eigenvalue weighted by Gasteiger charge is 2.54. The van der Waals surface area contributed by atoms with Crippen molar-refractivity contribution < 1.29 is 33.0 Å². The van der Waals surface area contributed by atoms with Crippen LogP contribution in [0.15, 0.2) is 89.3 Å². The summed E-state index contributed by atoms with van der Waals surface area (Å²) in [4.78, 5) is 39.5. The van der Waals surface area contributed by atoms with E-state index in [1.165, 1.54) is 14.2 Å². The Morgan fingerprint density at radius 1 is 0.822 bits per heavy atom. The summed E-state index contributed by atoms with van der Waals surface area (Å²) in [6.07, 6.45) is -0.0866. The molecule has 0 radical (unpaired) electrons. The van der Waals surface area contributed by atoms with Gasteiger partial charge in [-0.25, -0.2) is 0 Å². The smallest absolute Gasteiger partial charge is 0.324 e. The van der Waals surface area contributed by atoms with Crippen LogP contribution in [0.3, 0.4) is 0 Å². The lowest BCUT2D eigenvalue weighted by molar-refractivity contribution is -0.169. The van der Waals surface area contributed by atoms with Gasteiger partial charge in [-0.1, -0.05) is 84.4 Å². The maximum absolute atomic E-state index is 13.6. The van der Waals surface area contributed by atoms with Gasteiger partial charge in [-0.15, -0.1) is 0 Å². The molecule has 0 aliphatic heterocycles. The van der Waals surface area contributed by atoms with Gasteiger partial charge in [0, 0.05) is 48.1 Å². The molecule has 0 saturated carbocycles. The Bertz CT molecular complexity index is 1700. The highest BCUT2D eigenvalue weighted by molar-refractivity contribution is 6.30. The molecule has 0 N–H and O–H groups in total. The zero-order chi connectivity index (χ0) is 32.1. The second-order valence-electron chi connectivity index (χ2n) is 11.1. The van der Waals surface area contributed by atoms with Crippen molar-refractivity contribution in [2.24, 2.45) is 5.41 Å². The predicted octanol–water partition coefficient (Wildman–Crippen LogP) is 7.89. The number of methoxy groups -OCH3 is 3. The molecule has 5 rings (SSSR count). The summed E-state index contributed by atoms with van der Waals surface area (Å²) in [5.41, 5.74) is 3.77. The number of halogens is 1. The summed E-state index contributed by atoms with van der Waals surface area (Å²) >= 11 is 6.26. The second-order valence-corrected chi connectivity index (χ2v) is 11.6. The zero-order valence-electron chi connectivity index (χ0n) is 25.7. The number of ether oxygens (including phenoxy) is 3. The van der Waals surface area contributed by atoms with E-state index >= 15 is 0 Å². The Labute approximate surface area is 267 Å². The maximum atomic E-state index is 13.6. The number of carbonyl (C=O) groups is 3. The number of fused-ring (bicyclic) bond motifs is 1. The summed E-state index contributed by atoms with van der Waals surface area (Å²) in [5.74, 6) is -0.466. The molecule has 45 heavy (non-hydrogen) atoms. The quantitative estimate of drug-likeness (QED) is 0.130. The molecule has 3 aromatic carbocycles. The van der Waals surface area contributed by atoms with Gasteiger partial charge in [-0.05, 0) is 47.8 Å². The summed E-state index contributed by atoms with van der Waals surface area (Å²) in [6, 6.07) is 26.7. The van der Waals surface area contributed by atoms with E-state index in [0.717, 1.165) is 33.4 Å². The van der Waals surface area contributed by atoms with Crippen LogP contribution in [0.25, 0.3) is 22.5 Å². The van der Waals surface area contributed by atoms with Gasteiger partial charge < -0.3 is 23.4 Å². The number of carbonyl (C=O) groups excluding carboxylic acids is 3. The van der Waals surface area contributed by atoms with Crippen molar-refractivity contribution in [3.8, 4) is 11.3 Å². The number of benzene rings is 3. The number of ketones is 1. The molecule has 0 amide bonds. The Morgan fingerprint density at radius 2 is 1.42 bits per heavy atom. The van der Waals surface area contributed by atoms with Crippen LogP contribution in [0.1, 0.15) is 60.3 Å². The van der Waals surface area contributed by atoms with E-state index in [1.807, 2.05) is 72.8 Å². The van der Waals surface area contributed by atoms with E-state index in [9.17, 15) is 14.4 Å². The van der Waals surface area contributed by atoms with Crippen molar-refractivity contribution in [3.05, 3.63) is 118 Å². The fourth-order valence-corrected chi connectivity index (χ4v) is 6.34. The molecule has 0 fully saturated rings. The van der Waals surface area contributed by atoms with Crippen LogP contribution in [0.5, 0.6) is 0 Å². The number of furan rings is 1. The number of hydrogen-bond acceptors (Lipinski definition) is 7. The van der Waals surface area contributed by atoms with Crippen molar-refractivity contribution in [2.45, 2.75) is 38.7 Å². The third kappa shape index (κ3) is 6.23. The van der Waals surface area contributed by atoms with E-state index in [-0.39, 0.29) is 25.0 Å². The number of rotatable bonds is 10. The molecule has 4 aromatic rings. The number of esters is 2. The van der Waals surface area contributed by atoms with Crippen molar-refractivity contribution in [3.63, 3.8) is 0 Å². The summed E-state index contributed by atoms with van der Waals surface area (Å²) in [6.45, 7) is 1.55. The van der Waals surface area contributed by atoms with Crippen LogP contribution < -0.4 is 0 Å². The average Bonchev–Trinajstić information content (AvgIpc) is 3.44. The monoisotopic (exact) mass is 626 g/mol. The molecule has 0 bridgehead atoms. The number of Topliss-reactive ketones (excluding diaryl/α,β-unsaturated/α-hetero) is 1. The van der Waals surface area contributed by atoms with E-state index < -0.39 is 23.5 Å². The lowest BCUT2D eigenvalue weighted by Gasteiger charge is -2.34. The predicted molar refractivity (Wildman–Crippen MR) is 172 cm³/mol. The minimum absolute atomic E-state index is 0.0144. The molecule has 0 spiro atoms. The first-order chi connectivity index (χ1) is 21.7. The topological polar surface area (TPSA) is 92.0 Å². The van der Waals surface area contributed by atoms with E-state index in [4.69, 9.17) is 30.2 Å². The standard InChI is InChI=1S/C37H35ClO7/c1-23(39)15-20-28(24-11-7-5-8-12-24)29-21-37(35(40)43-3,36(41)44-4)22-30-31(29)32(34(45-30)25-13-9-6-10-14-25)33(42-2)26-16-18-27(38)19-17-26/h5-14,16-19,33H,15,20-22H2,1-4H3/b29-28+/t33-/m0/s1. The molecule has 232 valence electrons. The number of hydrogen-bond donors (Lipinski definition) is 0. The lowest BCUT2D eigenvalue weighted by atomic mass is 9.68. The molecule has 1 aromatic heterocycles. The van der Waals surface area contributed by atoms with E-state index in [1.54, 1.807) is 26.2 Å². The van der Waals surface area contributed by atoms with Crippen LogP contribution in [-0.2, 0) is 35.0 Å². The highest BCUT2D eigenvalue weighted by atomic mass is 35.5. The fourth-order valence-electron chi connectivity index (χ4n) is 6.22. The first-order valence-electron chi connectivity index (χ1n) is 14.7. The second kappa shape index (κ2) is 13.7. The van der Waals surface area contributed by atoms with Crippen molar-refractivity contribution in [1.29, 1.82) is 0 Å². The molecule has 0 unspecified atom stereocenters. The lowest BCUT2D eigenvalue weighted by Crippen LogP contribution is -2.45. The Balaban J connectivity index is 1.92. The largest absolute Gasteiger partial charge is 0.468 e. The van der Waals surface area contributed by atoms with Gasteiger partial charge in [0.05, 0.1) is 14.2 Å². The molecule has 1 atom stereocenters.